The third-order valence-electron chi connectivity index (χ3n) is 2.10. The first kappa shape index (κ1) is 9.99. The average molecular weight is 180 g/mol. The molecular weight excluding hydrogens is 164 g/mol. The molecule has 0 aliphatic heterocycles. The van der Waals surface area contributed by atoms with Crippen LogP contribution in [0.2, 0.25) is 0 Å². The predicted molar refractivity (Wildman–Crippen MR) is 52.6 cm³/mol. The monoisotopic (exact) mass is 180 g/mol. The van der Waals surface area contributed by atoms with E-state index in [0.29, 0.717) is 6.04 Å². The molecule has 0 aromatic carbocycles. The largest absolute Gasteiger partial charge is 0.493 e. The van der Waals surface area contributed by atoms with Crippen molar-refractivity contribution in [1.82, 2.24) is 10.3 Å². The van der Waals surface area contributed by atoms with Gasteiger partial charge in [0.2, 0.25) is 5.88 Å². The number of hydrogen-bond donors (Lipinski definition) is 2. The fourth-order valence-electron chi connectivity index (χ4n) is 1.37. The van der Waals surface area contributed by atoms with Crippen LogP contribution >= 0.6 is 0 Å². The van der Waals surface area contributed by atoms with Gasteiger partial charge in [-0.1, -0.05) is 19.4 Å². The highest BCUT2D eigenvalue weighted by Gasteiger charge is 2.07. The van der Waals surface area contributed by atoms with Gasteiger partial charge in [-0.2, -0.15) is 0 Å². The minimum absolute atomic E-state index is 0.0788. The highest BCUT2D eigenvalue weighted by atomic mass is 16.3. The van der Waals surface area contributed by atoms with Crippen LogP contribution in [0.3, 0.4) is 0 Å². The molecule has 1 unspecified atom stereocenters. The molecule has 1 atom stereocenters. The van der Waals surface area contributed by atoms with Crippen LogP contribution in [-0.4, -0.2) is 17.1 Å². The van der Waals surface area contributed by atoms with Gasteiger partial charge in [0.05, 0.1) is 0 Å². The van der Waals surface area contributed by atoms with Crippen molar-refractivity contribution in [1.29, 1.82) is 0 Å². The second-order valence-electron chi connectivity index (χ2n) is 3.08. The number of hydrogen-bond acceptors (Lipinski definition) is 3. The van der Waals surface area contributed by atoms with Crippen LogP contribution in [0.25, 0.3) is 0 Å². The second-order valence-corrected chi connectivity index (χ2v) is 3.08. The Balaban J connectivity index is 2.73. The van der Waals surface area contributed by atoms with Crippen LogP contribution in [0, 0.1) is 0 Å². The maximum atomic E-state index is 9.01. The summed E-state index contributed by atoms with van der Waals surface area (Å²) in [6, 6.07) is 3.87. The van der Waals surface area contributed by atoms with Crippen LogP contribution in [0.15, 0.2) is 18.3 Å². The highest BCUT2D eigenvalue weighted by Crippen LogP contribution is 2.18. The Morgan fingerprint density at radius 2 is 2.31 bits per heavy atom. The van der Waals surface area contributed by atoms with Crippen molar-refractivity contribution in [3.05, 3.63) is 23.9 Å². The fourth-order valence-corrected chi connectivity index (χ4v) is 1.37. The molecule has 0 amide bonds. The summed E-state index contributed by atoms with van der Waals surface area (Å²) in [5.41, 5.74) is 1.13. The summed E-state index contributed by atoms with van der Waals surface area (Å²) in [5.74, 6) is 0.0788. The van der Waals surface area contributed by atoms with Gasteiger partial charge in [0.15, 0.2) is 0 Å². The lowest BCUT2D eigenvalue weighted by atomic mass is 10.1. The van der Waals surface area contributed by atoms with Gasteiger partial charge in [-0.3, -0.25) is 0 Å². The van der Waals surface area contributed by atoms with E-state index < -0.39 is 0 Å². The summed E-state index contributed by atoms with van der Waals surface area (Å²) in [6.45, 7) is 2.15. The maximum Gasteiger partial charge on any atom is 0.210 e. The first-order chi connectivity index (χ1) is 6.27. The molecule has 3 nitrogen and oxygen atoms in total. The third kappa shape index (κ3) is 2.70. The maximum absolute atomic E-state index is 9.01. The number of aromatic nitrogens is 1. The zero-order chi connectivity index (χ0) is 9.68. The summed E-state index contributed by atoms with van der Waals surface area (Å²) in [7, 11) is 1.94. The lowest BCUT2D eigenvalue weighted by Crippen LogP contribution is -2.15. The van der Waals surface area contributed by atoms with Crippen LogP contribution < -0.4 is 5.32 Å². The van der Waals surface area contributed by atoms with E-state index in [9.17, 15) is 0 Å². The van der Waals surface area contributed by atoms with E-state index in [2.05, 4.69) is 17.2 Å². The number of nitrogens with one attached hydrogen (secondary N) is 1. The molecule has 1 aromatic rings. The zero-order valence-corrected chi connectivity index (χ0v) is 8.12. The summed E-state index contributed by atoms with van der Waals surface area (Å²) in [5, 5.41) is 12.2. The molecule has 0 saturated carbocycles. The van der Waals surface area contributed by atoms with Gasteiger partial charge < -0.3 is 10.4 Å². The molecule has 0 spiro atoms. The number of pyridine rings is 1. The summed E-state index contributed by atoms with van der Waals surface area (Å²) in [6.07, 6.45) is 3.93. The Kier molecular flexibility index (Phi) is 3.71. The van der Waals surface area contributed by atoms with Crippen LogP contribution in [0.1, 0.15) is 31.4 Å². The lowest BCUT2D eigenvalue weighted by molar-refractivity contribution is 0.451. The smallest absolute Gasteiger partial charge is 0.210 e. The Bertz CT molecular complexity index is 246. The zero-order valence-electron chi connectivity index (χ0n) is 8.12. The quantitative estimate of drug-likeness (QED) is 0.743. The highest BCUT2D eigenvalue weighted by molar-refractivity contribution is 5.19. The van der Waals surface area contributed by atoms with E-state index in [4.69, 9.17) is 5.11 Å². The van der Waals surface area contributed by atoms with E-state index in [1.165, 1.54) is 0 Å². The van der Waals surface area contributed by atoms with E-state index in [-0.39, 0.29) is 5.88 Å². The van der Waals surface area contributed by atoms with E-state index in [1.54, 1.807) is 12.3 Å². The third-order valence-corrected chi connectivity index (χ3v) is 2.10. The second kappa shape index (κ2) is 4.82. The van der Waals surface area contributed by atoms with Crippen molar-refractivity contribution in [3.8, 4) is 5.88 Å². The topological polar surface area (TPSA) is 45.1 Å². The van der Waals surface area contributed by atoms with Crippen molar-refractivity contribution in [2.45, 2.75) is 25.8 Å². The van der Waals surface area contributed by atoms with Crippen LogP contribution in [0.5, 0.6) is 5.88 Å². The Labute approximate surface area is 78.8 Å². The Morgan fingerprint density at radius 1 is 1.54 bits per heavy atom. The summed E-state index contributed by atoms with van der Waals surface area (Å²) >= 11 is 0. The fraction of sp³-hybridized carbons (Fsp3) is 0.500. The van der Waals surface area contributed by atoms with Crippen molar-refractivity contribution in [2.24, 2.45) is 0 Å². The number of aromatic hydroxyl groups is 1. The Hall–Kier alpha value is -1.09. The standard InChI is InChI=1S/C10H16N2O/c1-3-4-9(11-2)8-5-6-10(13)12-7-8/h5-7,9,11H,3-4H2,1-2H3,(H,12,13). The lowest BCUT2D eigenvalue weighted by Gasteiger charge is -2.14. The molecule has 0 fully saturated rings. The van der Waals surface area contributed by atoms with Gasteiger partial charge in [0.25, 0.3) is 0 Å². The van der Waals surface area contributed by atoms with E-state index >= 15 is 0 Å². The first-order valence-corrected chi connectivity index (χ1v) is 4.60. The first-order valence-electron chi connectivity index (χ1n) is 4.60. The molecular formula is C10H16N2O. The van der Waals surface area contributed by atoms with Crippen LogP contribution in [0.4, 0.5) is 0 Å². The van der Waals surface area contributed by atoms with Gasteiger partial charge in [-0.05, 0) is 19.0 Å². The molecule has 3 heteroatoms. The molecule has 72 valence electrons. The number of nitrogens with zero attached hydrogens (tertiary/aromatic N) is 1. The number of rotatable bonds is 4. The van der Waals surface area contributed by atoms with Gasteiger partial charge in [-0.25, -0.2) is 4.98 Å². The molecule has 1 aromatic heterocycles. The predicted octanol–water partition coefficient (Wildman–Crippen LogP) is 1.85. The summed E-state index contributed by atoms with van der Waals surface area (Å²) in [4.78, 5) is 3.85. The molecule has 1 rings (SSSR count). The molecule has 2 N–H and O–H groups in total. The van der Waals surface area contributed by atoms with E-state index in [0.717, 1.165) is 18.4 Å². The minimum Gasteiger partial charge on any atom is -0.493 e. The molecule has 0 saturated heterocycles. The van der Waals surface area contributed by atoms with Gasteiger partial charge in [0.1, 0.15) is 0 Å². The van der Waals surface area contributed by atoms with Crippen molar-refractivity contribution in [2.75, 3.05) is 7.05 Å². The average Bonchev–Trinajstić information content (AvgIpc) is 2.16. The molecule has 13 heavy (non-hydrogen) atoms. The van der Waals surface area contributed by atoms with Crippen molar-refractivity contribution >= 4 is 0 Å². The Morgan fingerprint density at radius 3 is 2.77 bits per heavy atom. The van der Waals surface area contributed by atoms with E-state index in [1.807, 2.05) is 13.1 Å². The molecule has 0 aliphatic rings. The molecule has 1 heterocycles. The SMILES string of the molecule is CCCC(NC)c1ccc(O)nc1. The van der Waals surface area contributed by atoms with Crippen molar-refractivity contribution in [3.63, 3.8) is 0 Å². The molecule has 0 bridgehead atoms. The van der Waals surface area contributed by atoms with Crippen molar-refractivity contribution < 1.29 is 5.11 Å². The van der Waals surface area contributed by atoms with Gasteiger partial charge >= 0.3 is 0 Å². The molecule has 0 aliphatic carbocycles. The van der Waals surface area contributed by atoms with Gasteiger partial charge in [-0.15, -0.1) is 0 Å². The summed E-state index contributed by atoms with van der Waals surface area (Å²) < 4.78 is 0. The minimum atomic E-state index is 0.0788. The van der Waals surface area contributed by atoms with Crippen LogP contribution in [-0.2, 0) is 0 Å². The molecule has 0 radical (unpaired) electrons. The van der Waals surface area contributed by atoms with Gasteiger partial charge in [0, 0.05) is 18.3 Å². The normalized spacial score (nSPS) is 12.8.